The van der Waals surface area contributed by atoms with Crippen molar-refractivity contribution >= 4 is 45.9 Å². The topological polar surface area (TPSA) is 63.6 Å². The fraction of sp³-hybridized carbons (Fsp3) is 0.120. The number of hydrogen-bond donors (Lipinski definition) is 1. The number of fused-ring (bicyclic) bond motifs is 5. The number of nitrogens with zero attached hydrogens (tertiary/aromatic N) is 2. The van der Waals surface area contributed by atoms with Crippen LogP contribution in [0.3, 0.4) is 0 Å². The minimum Gasteiger partial charge on any atom is -0.447 e. The zero-order valence-electron chi connectivity index (χ0n) is 17.1. The van der Waals surface area contributed by atoms with E-state index >= 15 is 0 Å². The number of carbonyl (C=O) groups is 2. The van der Waals surface area contributed by atoms with E-state index in [-0.39, 0.29) is 25.6 Å². The molecule has 0 aliphatic carbocycles. The summed E-state index contributed by atoms with van der Waals surface area (Å²) >= 11 is 5.94. The third kappa shape index (κ3) is 3.81. The summed E-state index contributed by atoms with van der Waals surface area (Å²) < 4.78 is 7.37. The molecule has 3 aromatic carbocycles. The Morgan fingerprint density at radius 2 is 1.81 bits per heavy atom. The van der Waals surface area contributed by atoms with E-state index in [0.717, 1.165) is 27.8 Å². The average Bonchev–Trinajstić information content (AvgIpc) is 3.10. The fourth-order valence-electron chi connectivity index (χ4n) is 4.08. The maximum atomic E-state index is 13.2. The molecule has 4 aromatic rings. The number of nitrogens with one attached hydrogen (secondary N) is 1. The number of benzene rings is 3. The van der Waals surface area contributed by atoms with Crippen LogP contribution in [0, 0.1) is 0 Å². The second-order valence-corrected chi connectivity index (χ2v) is 7.94. The lowest BCUT2D eigenvalue weighted by molar-refractivity contribution is -0.119. The second kappa shape index (κ2) is 8.40. The first-order chi connectivity index (χ1) is 15.6. The van der Waals surface area contributed by atoms with Gasteiger partial charge in [-0.2, -0.15) is 0 Å². The Balaban J connectivity index is 1.35. The normalized spacial score (nSPS) is 12.8. The molecular weight excluding hydrogens is 426 g/mol. The summed E-state index contributed by atoms with van der Waals surface area (Å²) in [6.45, 7) is 0.524. The molecule has 2 heterocycles. The van der Waals surface area contributed by atoms with E-state index in [4.69, 9.17) is 16.3 Å². The summed E-state index contributed by atoms with van der Waals surface area (Å²) in [5, 5.41) is 4.26. The third-order valence-electron chi connectivity index (χ3n) is 5.49. The minimum atomic E-state index is -0.597. The molecule has 0 fully saturated rings. The summed E-state index contributed by atoms with van der Waals surface area (Å²) in [4.78, 5) is 27.1. The molecule has 1 aromatic heterocycles. The molecule has 7 heteroatoms. The van der Waals surface area contributed by atoms with Gasteiger partial charge in [0.25, 0.3) is 0 Å². The number of amides is 2. The average molecular weight is 446 g/mol. The monoisotopic (exact) mass is 445 g/mol. The Labute approximate surface area is 190 Å². The number of anilines is 2. The first-order valence-electron chi connectivity index (χ1n) is 10.3. The first-order valence-corrected chi connectivity index (χ1v) is 10.7. The summed E-state index contributed by atoms with van der Waals surface area (Å²) in [6.07, 6.45) is -0.597. The molecule has 0 bridgehead atoms. The van der Waals surface area contributed by atoms with Crippen LogP contribution in [0.4, 0.5) is 16.2 Å². The van der Waals surface area contributed by atoms with Crippen LogP contribution >= 0.6 is 11.6 Å². The Morgan fingerprint density at radius 3 is 2.69 bits per heavy atom. The van der Waals surface area contributed by atoms with Gasteiger partial charge in [-0.3, -0.25) is 10.1 Å². The van der Waals surface area contributed by atoms with Crippen LogP contribution in [0.2, 0.25) is 5.02 Å². The quantitative estimate of drug-likeness (QED) is 0.447. The maximum absolute atomic E-state index is 13.2. The van der Waals surface area contributed by atoms with Gasteiger partial charge in [0.1, 0.15) is 13.2 Å². The lowest BCUT2D eigenvalue weighted by Crippen LogP contribution is -2.36. The largest absolute Gasteiger partial charge is 0.447 e. The molecule has 0 atom stereocenters. The van der Waals surface area contributed by atoms with Gasteiger partial charge in [-0.1, -0.05) is 54.1 Å². The van der Waals surface area contributed by atoms with E-state index in [0.29, 0.717) is 10.7 Å². The Kier molecular flexibility index (Phi) is 5.29. The first kappa shape index (κ1) is 20.2. The highest BCUT2D eigenvalue weighted by Gasteiger charge is 2.27. The van der Waals surface area contributed by atoms with E-state index < -0.39 is 6.09 Å². The number of carbonyl (C=O) groups excluding carboxylic acids is 2. The lowest BCUT2D eigenvalue weighted by Gasteiger charge is -2.22. The van der Waals surface area contributed by atoms with Gasteiger partial charge in [-0.15, -0.1) is 0 Å². The summed E-state index contributed by atoms with van der Waals surface area (Å²) in [6, 6.07) is 24.8. The van der Waals surface area contributed by atoms with Crippen LogP contribution in [0.25, 0.3) is 22.2 Å². The predicted molar refractivity (Wildman–Crippen MR) is 126 cm³/mol. The Bertz CT molecular complexity index is 1330. The molecule has 160 valence electrons. The minimum absolute atomic E-state index is 0.0576. The van der Waals surface area contributed by atoms with Crippen LogP contribution in [0.5, 0.6) is 0 Å². The summed E-state index contributed by atoms with van der Waals surface area (Å²) in [7, 11) is 0. The number of rotatable bonds is 4. The van der Waals surface area contributed by atoms with Crippen LogP contribution in [0.15, 0.2) is 78.9 Å². The summed E-state index contributed by atoms with van der Waals surface area (Å²) in [5.74, 6) is -0.0589. The van der Waals surface area contributed by atoms with Crippen LogP contribution in [0.1, 0.15) is 0 Å². The smallest absolute Gasteiger partial charge is 0.411 e. The van der Waals surface area contributed by atoms with Crippen molar-refractivity contribution in [3.8, 4) is 11.3 Å². The number of aromatic nitrogens is 1. The van der Waals surface area contributed by atoms with E-state index in [2.05, 4.69) is 11.4 Å². The molecule has 6 nitrogen and oxygen atoms in total. The number of para-hydroxylation sites is 2. The van der Waals surface area contributed by atoms with Gasteiger partial charge < -0.3 is 14.2 Å². The molecule has 32 heavy (non-hydrogen) atoms. The van der Waals surface area contributed by atoms with Crippen molar-refractivity contribution < 1.29 is 14.3 Å². The van der Waals surface area contributed by atoms with Crippen molar-refractivity contribution in [2.45, 2.75) is 6.54 Å². The fourth-order valence-corrected chi connectivity index (χ4v) is 4.27. The van der Waals surface area contributed by atoms with Crippen molar-refractivity contribution in [2.24, 2.45) is 0 Å². The lowest BCUT2D eigenvalue weighted by atomic mass is 10.1. The van der Waals surface area contributed by atoms with Crippen molar-refractivity contribution in [2.75, 3.05) is 23.4 Å². The molecule has 1 aliphatic rings. The van der Waals surface area contributed by atoms with Crippen LogP contribution in [-0.4, -0.2) is 29.7 Å². The molecule has 0 radical (unpaired) electrons. The third-order valence-corrected chi connectivity index (χ3v) is 5.73. The highest BCUT2D eigenvalue weighted by atomic mass is 35.5. The van der Waals surface area contributed by atoms with Crippen molar-refractivity contribution in [1.29, 1.82) is 0 Å². The zero-order chi connectivity index (χ0) is 22.1. The number of halogens is 1. The Hall–Kier alpha value is -3.77. The van der Waals surface area contributed by atoms with Gasteiger partial charge >= 0.3 is 6.09 Å². The molecule has 2 amide bonds. The maximum Gasteiger partial charge on any atom is 0.411 e. The standard InChI is InChI=1S/C25H20ClN3O3/c26-18-7-5-8-19(15-18)27-25(31)32-13-12-28-22-11-4-2-9-20(22)23-14-17-6-1-3-10-21(17)29(23)16-24(28)30/h1-11,14-15H,12-13,16H2,(H,27,31). The van der Waals surface area contributed by atoms with Crippen molar-refractivity contribution in [3.63, 3.8) is 0 Å². The van der Waals surface area contributed by atoms with Gasteiger partial charge in [-0.25, -0.2) is 4.79 Å². The van der Waals surface area contributed by atoms with Crippen LogP contribution in [-0.2, 0) is 16.1 Å². The molecule has 5 rings (SSSR count). The van der Waals surface area contributed by atoms with Gasteiger partial charge in [0.2, 0.25) is 5.91 Å². The van der Waals surface area contributed by atoms with Gasteiger partial charge in [-0.05, 0) is 36.4 Å². The molecule has 0 saturated carbocycles. The van der Waals surface area contributed by atoms with E-state index in [1.165, 1.54) is 0 Å². The second-order valence-electron chi connectivity index (χ2n) is 7.51. The highest BCUT2D eigenvalue weighted by Crippen LogP contribution is 2.37. The molecule has 1 N–H and O–H groups in total. The Morgan fingerprint density at radius 1 is 1.00 bits per heavy atom. The SMILES string of the molecule is O=C(Nc1cccc(Cl)c1)OCCN1C(=O)Cn2c(cc3ccccc32)-c2ccccc21. The van der Waals surface area contributed by atoms with Crippen LogP contribution < -0.4 is 10.2 Å². The van der Waals surface area contributed by atoms with Gasteiger partial charge in [0.05, 0.1) is 17.9 Å². The predicted octanol–water partition coefficient (Wildman–Crippen LogP) is 5.56. The highest BCUT2D eigenvalue weighted by molar-refractivity contribution is 6.30. The van der Waals surface area contributed by atoms with Gasteiger partial charge in [0.15, 0.2) is 0 Å². The number of ether oxygens (including phenoxy) is 1. The molecule has 0 spiro atoms. The molecule has 0 saturated heterocycles. The summed E-state index contributed by atoms with van der Waals surface area (Å²) in [5.41, 5.74) is 4.34. The van der Waals surface area contributed by atoms with Gasteiger partial charge in [0, 0.05) is 27.2 Å². The van der Waals surface area contributed by atoms with E-state index in [9.17, 15) is 9.59 Å². The zero-order valence-corrected chi connectivity index (χ0v) is 17.9. The number of hydrogen-bond acceptors (Lipinski definition) is 3. The molecule has 0 unspecified atom stereocenters. The van der Waals surface area contributed by atoms with E-state index in [1.54, 1.807) is 29.2 Å². The van der Waals surface area contributed by atoms with E-state index in [1.807, 2.05) is 53.1 Å². The van der Waals surface area contributed by atoms with Crippen molar-refractivity contribution in [1.82, 2.24) is 4.57 Å². The van der Waals surface area contributed by atoms with Crippen molar-refractivity contribution in [3.05, 3.63) is 83.9 Å². The molecule has 1 aliphatic heterocycles. The molecular formula is C25H20ClN3O3.